The summed E-state index contributed by atoms with van der Waals surface area (Å²) in [6.07, 6.45) is 4.16. The van der Waals surface area contributed by atoms with Crippen molar-refractivity contribution in [1.29, 1.82) is 0 Å². The summed E-state index contributed by atoms with van der Waals surface area (Å²) in [7, 11) is 11.2. The zero-order chi connectivity index (χ0) is 29.5. The van der Waals surface area contributed by atoms with Crippen LogP contribution < -0.4 is 0 Å². The first kappa shape index (κ1) is 30.5. The minimum atomic E-state index is -1.65. The third-order valence-corrected chi connectivity index (χ3v) is 26.8. The molecule has 7 aromatic rings. The first-order chi connectivity index (χ1) is 20.4. The number of hydrogen-bond acceptors (Lipinski definition) is 0. The maximum Gasteiger partial charge on any atom is 0.00705 e. The van der Waals surface area contributed by atoms with E-state index in [0.29, 0.717) is 0 Å². The molecule has 0 bridgehead atoms. The third-order valence-electron chi connectivity index (χ3n) is 7.08. The van der Waals surface area contributed by atoms with Crippen molar-refractivity contribution in [3.63, 3.8) is 0 Å². The van der Waals surface area contributed by atoms with Gasteiger partial charge in [0.1, 0.15) is 0 Å². The van der Waals surface area contributed by atoms with Crippen molar-refractivity contribution in [1.82, 2.24) is 4.57 Å². The largest absolute Gasteiger partial charge is 0.342 e. The maximum absolute atomic E-state index is 5.62. The van der Waals surface area contributed by atoms with E-state index in [-0.39, 0.29) is 5.43 Å². The molecule has 210 valence electrons. The first-order valence-electron chi connectivity index (χ1n) is 14.0. The van der Waals surface area contributed by atoms with Gasteiger partial charge in [-0.15, -0.1) is 69.6 Å². The molecule has 0 aliphatic carbocycles. The van der Waals surface area contributed by atoms with Crippen LogP contribution in [0.15, 0.2) is 146 Å². The third kappa shape index (κ3) is 7.52. The second-order valence-electron chi connectivity index (χ2n) is 10.4. The minimum absolute atomic E-state index is 0.224. The second-order valence-corrected chi connectivity index (χ2v) is 33.4. The molecular formula is C37H33Cl2NSiZr-2. The Labute approximate surface area is 264 Å². The molecule has 0 atom stereocenters. The van der Waals surface area contributed by atoms with Crippen LogP contribution in [0.5, 0.6) is 0 Å². The summed E-state index contributed by atoms with van der Waals surface area (Å²) in [5.74, 6) is 0. The second kappa shape index (κ2) is 14.5. The maximum atomic E-state index is 5.62. The van der Waals surface area contributed by atoms with Crippen LogP contribution in [0, 0.1) is 6.92 Å². The Kier molecular flexibility index (Phi) is 10.5. The Bertz CT molecular complexity index is 1900. The zero-order valence-corrected chi connectivity index (χ0v) is 29.0. The van der Waals surface area contributed by atoms with E-state index in [9.17, 15) is 0 Å². The number of aromatic nitrogens is 1. The van der Waals surface area contributed by atoms with Crippen LogP contribution >= 0.6 is 17.0 Å². The predicted molar refractivity (Wildman–Crippen MR) is 183 cm³/mol. The molecule has 42 heavy (non-hydrogen) atoms. The van der Waals surface area contributed by atoms with E-state index in [1.54, 1.807) is 0 Å². The van der Waals surface area contributed by atoms with Gasteiger partial charge in [0, 0.05) is 12.4 Å². The van der Waals surface area contributed by atoms with Crippen molar-refractivity contribution in [2.24, 2.45) is 0 Å². The number of halogens is 2. The standard InChI is InChI=1S/C19H14N.C16H13.C2H6Si.2ClH.Zr/c1-2-7-15(8-3-1)18-10-6-9-16-13-17(14-19(16)18)20-11-4-5-12-20;1-12-10-14-8-5-9-15(16(14)11-12)13-6-3-2-4-7-13;1-3-2;;;/h1-14H;2-11H,1H3;1-2H3;2*1H;/q2*-1;;;;+2/p-2. The Balaban J connectivity index is 0.000000144. The van der Waals surface area contributed by atoms with Gasteiger partial charge in [0.15, 0.2) is 0 Å². The van der Waals surface area contributed by atoms with E-state index in [1.807, 2.05) is 0 Å². The van der Waals surface area contributed by atoms with Gasteiger partial charge in [0.25, 0.3) is 0 Å². The van der Waals surface area contributed by atoms with Gasteiger partial charge in [-0.1, -0.05) is 90.8 Å². The number of hydrogen-bond donors (Lipinski definition) is 0. The van der Waals surface area contributed by atoms with Crippen molar-refractivity contribution in [3.05, 3.63) is 151 Å². The molecule has 0 aliphatic rings. The molecule has 0 fully saturated rings. The molecule has 0 radical (unpaired) electrons. The number of benzene rings is 4. The summed E-state index contributed by atoms with van der Waals surface area (Å²) in [5, 5.41) is 5.28. The fourth-order valence-electron chi connectivity index (χ4n) is 5.00. The molecule has 0 saturated carbocycles. The molecule has 1 nitrogen and oxygen atoms in total. The number of fused-ring (bicyclic) bond motifs is 2. The quantitative estimate of drug-likeness (QED) is 0.129. The van der Waals surface area contributed by atoms with Gasteiger partial charge in [-0.3, -0.25) is 0 Å². The average Bonchev–Trinajstić information content (AvgIpc) is 3.77. The fraction of sp³-hybridized carbons (Fsp3) is 0.0811. The molecule has 6 aromatic carbocycles. The van der Waals surface area contributed by atoms with Crippen molar-refractivity contribution in [3.8, 4) is 27.9 Å². The van der Waals surface area contributed by atoms with Crippen molar-refractivity contribution in [2.75, 3.05) is 0 Å². The molecule has 5 heteroatoms. The van der Waals surface area contributed by atoms with Gasteiger partial charge in [-0.25, -0.2) is 0 Å². The first-order valence-corrected chi connectivity index (χ1v) is 26.5. The molecule has 0 saturated heterocycles. The fourth-order valence-corrected chi connectivity index (χ4v) is 5.00. The van der Waals surface area contributed by atoms with Crippen LogP contribution in [-0.4, -0.2) is 10.0 Å². The Morgan fingerprint density at radius 3 is 1.57 bits per heavy atom. The van der Waals surface area contributed by atoms with Crippen molar-refractivity contribution >= 4 is 44.0 Å². The van der Waals surface area contributed by atoms with Gasteiger partial charge < -0.3 is 4.57 Å². The average molecular weight is 682 g/mol. The molecule has 0 N–H and O–H groups in total. The summed E-state index contributed by atoms with van der Waals surface area (Å²) >= 11 is -1.65. The molecule has 1 heterocycles. The van der Waals surface area contributed by atoms with E-state index in [1.165, 1.54) is 55.0 Å². The monoisotopic (exact) mass is 679 g/mol. The topological polar surface area (TPSA) is 4.93 Å². The van der Waals surface area contributed by atoms with Crippen LogP contribution in [0.3, 0.4) is 0 Å². The van der Waals surface area contributed by atoms with E-state index in [4.69, 9.17) is 17.0 Å². The van der Waals surface area contributed by atoms with E-state index in [0.717, 1.165) is 0 Å². The van der Waals surface area contributed by atoms with E-state index in [2.05, 4.69) is 170 Å². The van der Waals surface area contributed by atoms with Gasteiger partial charge in [-0.05, 0) is 28.9 Å². The van der Waals surface area contributed by atoms with Gasteiger partial charge in [0.2, 0.25) is 0 Å². The van der Waals surface area contributed by atoms with Gasteiger partial charge >= 0.3 is 53.5 Å². The molecule has 7 rings (SSSR count). The summed E-state index contributed by atoms with van der Waals surface area (Å²) in [5.41, 5.74) is 7.50. The van der Waals surface area contributed by atoms with Crippen LogP contribution in [0.4, 0.5) is 0 Å². The molecule has 0 unspecified atom stereocenters. The summed E-state index contributed by atoms with van der Waals surface area (Å²) in [6.45, 7) is 6.48. The van der Waals surface area contributed by atoms with Crippen LogP contribution in [0.2, 0.25) is 13.1 Å². The zero-order valence-electron chi connectivity index (χ0n) is 24.1. The van der Waals surface area contributed by atoms with Gasteiger partial charge in [-0.2, -0.15) is 6.07 Å². The van der Waals surface area contributed by atoms with Crippen molar-refractivity contribution in [2.45, 2.75) is 20.0 Å². The Hall–Kier alpha value is -2.94. The summed E-state index contributed by atoms with van der Waals surface area (Å²) in [4.78, 5) is 0. The van der Waals surface area contributed by atoms with E-state index < -0.39 is 18.0 Å². The molecular weight excluding hydrogens is 649 g/mol. The predicted octanol–water partition coefficient (Wildman–Crippen LogP) is 11.7. The molecule has 0 amide bonds. The van der Waals surface area contributed by atoms with Gasteiger partial charge in [0.05, 0.1) is 0 Å². The number of aryl methyl sites for hydroxylation is 1. The molecule has 1 aromatic heterocycles. The van der Waals surface area contributed by atoms with Crippen LogP contribution in [-0.2, 0) is 18.0 Å². The summed E-state index contributed by atoms with van der Waals surface area (Å²) in [6, 6.07) is 47.2. The number of rotatable bonds is 3. The van der Waals surface area contributed by atoms with Crippen molar-refractivity contribution < 1.29 is 18.0 Å². The Morgan fingerprint density at radius 1 is 0.595 bits per heavy atom. The van der Waals surface area contributed by atoms with Crippen LogP contribution in [0.1, 0.15) is 5.56 Å². The molecule has 0 spiro atoms. The number of nitrogens with zero attached hydrogens (tertiary/aromatic N) is 1. The van der Waals surface area contributed by atoms with Crippen LogP contribution in [0.25, 0.3) is 49.5 Å². The SMILES string of the molecule is C[Si](C)=[Zr]([Cl])[Cl].Cc1cc2c(-c3ccccc3)cccc2[cH-]1.c1ccc(-c2cccc3[cH-]c(-n4cccc4)cc23)cc1. The molecule has 0 aliphatic heterocycles. The van der Waals surface area contributed by atoms with E-state index >= 15 is 0 Å². The minimum Gasteiger partial charge on any atom is -0.342 e. The smallest absolute Gasteiger partial charge is 0.00705 e. The summed E-state index contributed by atoms with van der Waals surface area (Å²) < 4.78 is 2.15. The normalized spacial score (nSPS) is 10.5. The Morgan fingerprint density at radius 2 is 1.07 bits per heavy atom.